The van der Waals surface area contributed by atoms with Crippen LogP contribution in [0.2, 0.25) is 0 Å². The van der Waals surface area contributed by atoms with Gasteiger partial charge < -0.3 is 10.5 Å². The zero-order valence-corrected chi connectivity index (χ0v) is 16.7. The van der Waals surface area contributed by atoms with Gasteiger partial charge in [-0.05, 0) is 19.1 Å². The van der Waals surface area contributed by atoms with Crippen LogP contribution in [0.3, 0.4) is 0 Å². The van der Waals surface area contributed by atoms with Gasteiger partial charge in [0.1, 0.15) is 11.5 Å². The van der Waals surface area contributed by atoms with Crippen LogP contribution in [0.15, 0.2) is 67.0 Å². The van der Waals surface area contributed by atoms with Crippen LogP contribution in [0.4, 0.5) is 0 Å². The second kappa shape index (κ2) is 8.57. The summed E-state index contributed by atoms with van der Waals surface area (Å²) < 4.78 is 7.58. The smallest absolute Gasteiger partial charge is 0.223 e. The van der Waals surface area contributed by atoms with Gasteiger partial charge >= 0.3 is 0 Å². The van der Waals surface area contributed by atoms with E-state index in [0.29, 0.717) is 34.3 Å². The highest BCUT2D eigenvalue weighted by atomic mass is 16.5. The summed E-state index contributed by atoms with van der Waals surface area (Å²) in [5.74, 6) is 1.02. The molecule has 0 fully saturated rings. The van der Waals surface area contributed by atoms with E-state index in [1.807, 2.05) is 30.3 Å². The van der Waals surface area contributed by atoms with E-state index < -0.39 is 0 Å². The predicted molar refractivity (Wildman–Crippen MR) is 114 cm³/mol. The van der Waals surface area contributed by atoms with E-state index in [2.05, 4.69) is 21.1 Å². The minimum Gasteiger partial charge on any atom is -0.437 e. The number of nitrogens with two attached hydrogens (primary N) is 1. The van der Waals surface area contributed by atoms with Crippen molar-refractivity contribution in [3.8, 4) is 34.6 Å². The second-order valence-electron chi connectivity index (χ2n) is 6.70. The molecule has 0 aliphatic carbocycles. The van der Waals surface area contributed by atoms with Crippen molar-refractivity contribution in [2.45, 2.75) is 6.92 Å². The van der Waals surface area contributed by atoms with Crippen molar-refractivity contribution < 1.29 is 9.53 Å². The number of aromatic nitrogens is 4. The SMILES string of the molecule is Cc1nc(Oc2cc(C#N)ccc2-n2cc(C(=O)CN)cn2)cc(-c2ccccc2)n1. The van der Waals surface area contributed by atoms with Crippen molar-refractivity contribution in [2.24, 2.45) is 5.73 Å². The largest absolute Gasteiger partial charge is 0.437 e. The van der Waals surface area contributed by atoms with Gasteiger partial charge in [0.05, 0.1) is 35.6 Å². The average Bonchev–Trinajstić information content (AvgIpc) is 3.28. The van der Waals surface area contributed by atoms with E-state index in [0.717, 1.165) is 11.3 Å². The number of ketones is 1. The van der Waals surface area contributed by atoms with Crippen LogP contribution in [-0.4, -0.2) is 32.1 Å². The Kier molecular flexibility index (Phi) is 5.51. The van der Waals surface area contributed by atoms with Crippen LogP contribution in [0.5, 0.6) is 11.6 Å². The number of nitriles is 1. The third-order valence-electron chi connectivity index (χ3n) is 4.52. The van der Waals surface area contributed by atoms with Gasteiger partial charge in [0, 0.05) is 23.9 Å². The minimum absolute atomic E-state index is 0.106. The van der Waals surface area contributed by atoms with Crippen LogP contribution >= 0.6 is 0 Å². The molecular weight excluding hydrogens is 392 g/mol. The topological polar surface area (TPSA) is 120 Å². The first-order valence-electron chi connectivity index (χ1n) is 9.49. The summed E-state index contributed by atoms with van der Waals surface area (Å²) in [5, 5.41) is 13.6. The Morgan fingerprint density at radius 3 is 2.71 bits per heavy atom. The first kappa shape index (κ1) is 19.9. The predicted octanol–water partition coefficient (Wildman–Crippen LogP) is 3.44. The van der Waals surface area contributed by atoms with Crippen LogP contribution in [0.1, 0.15) is 21.7 Å². The fraction of sp³-hybridized carbons (Fsp3) is 0.0870. The van der Waals surface area contributed by atoms with Gasteiger partial charge in [-0.1, -0.05) is 30.3 Å². The molecular formula is C23H18N6O2. The molecule has 4 rings (SSSR count). The Hall–Kier alpha value is -4.35. The fourth-order valence-electron chi connectivity index (χ4n) is 3.03. The number of rotatable bonds is 6. The average molecular weight is 410 g/mol. The Morgan fingerprint density at radius 1 is 1.16 bits per heavy atom. The number of Topliss-reactive ketones (excluding diaryl/α,β-unsaturated/α-hetero) is 1. The molecule has 0 saturated heterocycles. The van der Waals surface area contributed by atoms with Crippen molar-refractivity contribution in [1.29, 1.82) is 5.26 Å². The lowest BCUT2D eigenvalue weighted by molar-refractivity contribution is 0.100. The summed E-state index contributed by atoms with van der Waals surface area (Å²) >= 11 is 0. The van der Waals surface area contributed by atoms with E-state index in [4.69, 9.17) is 10.5 Å². The van der Waals surface area contributed by atoms with Crippen LogP contribution < -0.4 is 10.5 Å². The number of ether oxygens (including phenoxy) is 1. The number of carbonyl (C=O) groups is 1. The van der Waals surface area contributed by atoms with E-state index >= 15 is 0 Å². The molecule has 152 valence electrons. The van der Waals surface area contributed by atoms with Gasteiger partial charge in [0.2, 0.25) is 5.88 Å². The summed E-state index contributed by atoms with van der Waals surface area (Å²) in [5.41, 5.74) is 8.44. The van der Waals surface area contributed by atoms with Gasteiger partial charge in [-0.15, -0.1) is 0 Å². The highest BCUT2D eigenvalue weighted by molar-refractivity contribution is 5.97. The Bertz CT molecular complexity index is 1290. The molecule has 2 N–H and O–H groups in total. The van der Waals surface area contributed by atoms with E-state index in [1.54, 1.807) is 37.4 Å². The van der Waals surface area contributed by atoms with Crippen molar-refractivity contribution >= 4 is 5.78 Å². The molecule has 0 amide bonds. The Morgan fingerprint density at radius 2 is 1.97 bits per heavy atom. The van der Waals surface area contributed by atoms with Crippen molar-refractivity contribution in [3.05, 3.63) is 83.9 Å². The number of hydrogen-bond donors (Lipinski definition) is 1. The summed E-state index contributed by atoms with van der Waals surface area (Å²) in [4.78, 5) is 20.7. The number of nitrogens with zero attached hydrogens (tertiary/aromatic N) is 5. The summed E-state index contributed by atoms with van der Waals surface area (Å²) in [7, 11) is 0. The maximum Gasteiger partial charge on any atom is 0.223 e. The van der Waals surface area contributed by atoms with Gasteiger partial charge in [0.15, 0.2) is 11.5 Å². The van der Waals surface area contributed by atoms with Crippen LogP contribution in [-0.2, 0) is 0 Å². The second-order valence-corrected chi connectivity index (χ2v) is 6.70. The van der Waals surface area contributed by atoms with Gasteiger partial charge in [0.25, 0.3) is 0 Å². The van der Waals surface area contributed by atoms with Gasteiger partial charge in [-0.2, -0.15) is 15.3 Å². The van der Waals surface area contributed by atoms with E-state index in [1.165, 1.54) is 10.9 Å². The zero-order valence-electron chi connectivity index (χ0n) is 16.7. The summed E-state index contributed by atoms with van der Waals surface area (Å²) in [6, 6.07) is 18.5. The molecule has 4 aromatic rings. The number of hydrogen-bond acceptors (Lipinski definition) is 7. The standard InChI is InChI=1S/C23H18N6O2/c1-15-27-19(17-5-3-2-4-6-17)10-23(28-15)31-22-9-16(11-24)7-8-20(22)29-14-18(13-26-29)21(30)12-25/h2-10,13-14H,12,25H2,1H3. The first-order chi connectivity index (χ1) is 15.1. The van der Waals surface area contributed by atoms with E-state index in [-0.39, 0.29) is 12.3 Å². The van der Waals surface area contributed by atoms with Gasteiger partial charge in [-0.3, -0.25) is 4.79 Å². The lowest BCUT2D eigenvalue weighted by Crippen LogP contribution is -2.12. The lowest BCUT2D eigenvalue weighted by atomic mass is 10.1. The molecule has 8 nitrogen and oxygen atoms in total. The molecule has 2 heterocycles. The quantitative estimate of drug-likeness (QED) is 0.483. The third-order valence-corrected chi connectivity index (χ3v) is 4.52. The normalized spacial score (nSPS) is 10.5. The molecule has 0 bridgehead atoms. The lowest BCUT2D eigenvalue weighted by Gasteiger charge is -2.12. The number of aryl methyl sites for hydroxylation is 1. The van der Waals surface area contributed by atoms with Crippen molar-refractivity contribution in [3.63, 3.8) is 0 Å². The van der Waals surface area contributed by atoms with Crippen LogP contribution in [0, 0.1) is 18.3 Å². The fourth-order valence-corrected chi connectivity index (χ4v) is 3.03. The molecule has 31 heavy (non-hydrogen) atoms. The molecule has 2 aromatic heterocycles. The molecule has 0 radical (unpaired) electrons. The highest BCUT2D eigenvalue weighted by Crippen LogP contribution is 2.30. The third kappa shape index (κ3) is 4.32. The summed E-state index contributed by atoms with van der Waals surface area (Å²) in [6.45, 7) is 1.68. The number of benzene rings is 2. The molecule has 0 aliphatic rings. The molecule has 0 unspecified atom stereocenters. The molecule has 0 atom stereocenters. The zero-order chi connectivity index (χ0) is 21.8. The Balaban J connectivity index is 1.75. The monoisotopic (exact) mass is 410 g/mol. The Labute approximate surface area is 178 Å². The number of carbonyl (C=O) groups excluding carboxylic acids is 1. The first-order valence-corrected chi connectivity index (χ1v) is 9.49. The van der Waals surface area contributed by atoms with Crippen molar-refractivity contribution in [2.75, 3.05) is 6.54 Å². The molecule has 0 aliphatic heterocycles. The molecule has 0 spiro atoms. The van der Waals surface area contributed by atoms with Crippen LogP contribution in [0.25, 0.3) is 16.9 Å². The van der Waals surface area contributed by atoms with E-state index in [9.17, 15) is 10.1 Å². The highest BCUT2D eigenvalue weighted by Gasteiger charge is 2.14. The van der Waals surface area contributed by atoms with Gasteiger partial charge in [-0.25, -0.2) is 9.67 Å². The molecule has 2 aromatic carbocycles. The molecule has 0 saturated carbocycles. The minimum atomic E-state index is -0.221. The maximum absolute atomic E-state index is 11.9. The maximum atomic E-state index is 11.9. The molecule has 8 heteroatoms. The van der Waals surface area contributed by atoms with Crippen molar-refractivity contribution in [1.82, 2.24) is 19.7 Å². The summed E-state index contributed by atoms with van der Waals surface area (Å²) in [6.07, 6.45) is 3.02.